The summed E-state index contributed by atoms with van der Waals surface area (Å²) in [5.74, 6) is 0.500. The van der Waals surface area contributed by atoms with Crippen molar-refractivity contribution in [3.05, 3.63) is 71.1 Å². The minimum atomic E-state index is -0.0324. The number of fused-ring (bicyclic) bond motifs is 5. The van der Waals surface area contributed by atoms with Crippen LogP contribution in [0.4, 0.5) is 17.3 Å². The van der Waals surface area contributed by atoms with E-state index < -0.39 is 0 Å². The monoisotopic (exact) mass is 453 g/mol. The predicted octanol–water partition coefficient (Wildman–Crippen LogP) is 3.71. The van der Waals surface area contributed by atoms with Crippen molar-refractivity contribution in [1.29, 1.82) is 0 Å². The number of nitrogens with one attached hydrogen (secondary N) is 1. The number of aromatic nitrogens is 4. The summed E-state index contributed by atoms with van der Waals surface area (Å²) < 4.78 is 3.68. The third-order valence-electron chi connectivity index (χ3n) is 6.74. The predicted molar refractivity (Wildman–Crippen MR) is 137 cm³/mol. The van der Waals surface area contributed by atoms with Gasteiger partial charge in [0.15, 0.2) is 5.65 Å². The van der Waals surface area contributed by atoms with E-state index in [0.717, 1.165) is 48.3 Å². The molecule has 2 aromatic carbocycles. The van der Waals surface area contributed by atoms with Crippen LogP contribution in [0, 0.1) is 0 Å². The van der Waals surface area contributed by atoms with E-state index in [1.54, 1.807) is 10.8 Å². The normalized spacial score (nSPS) is 14.9. The molecule has 8 nitrogen and oxygen atoms in total. The van der Waals surface area contributed by atoms with E-state index in [0.29, 0.717) is 23.7 Å². The maximum absolute atomic E-state index is 13.2. The van der Waals surface area contributed by atoms with Gasteiger partial charge in [-0.2, -0.15) is 4.98 Å². The molecule has 0 radical (unpaired) electrons. The van der Waals surface area contributed by atoms with Gasteiger partial charge in [0.2, 0.25) is 5.95 Å². The number of piperazine rings is 1. The van der Waals surface area contributed by atoms with Gasteiger partial charge < -0.3 is 19.7 Å². The summed E-state index contributed by atoms with van der Waals surface area (Å²) in [5.41, 5.74) is 5.14. The third kappa shape index (κ3) is 3.38. The smallest absolute Gasteiger partial charge is 0.275 e. The highest BCUT2D eigenvalue weighted by Gasteiger charge is 2.16. The molecule has 1 fully saturated rings. The molecule has 0 unspecified atom stereocenters. The van der Waals surface area contributed by atoms with Crippen LogP contribution < -0.4 is 15.8 Å². The molecule has 1 N–H and O–H groups in total. The van der Waals surface area contributed by atoms with Crippen molar-refractivity contribution in [2.75, 3.05) is 43.4 Å². The molecule has 172 valence electrons. The van der Waals surface area contributed by atoms with Crippen LogP contribution in [0.25, 0.3) is 27.6 Å². The van der Waals surface area contributed by atoms with Crippen molar-refractivity contribution in [1.82, 2.24) is 23.8 Å². The summed E-state index contributed by atoms with van der Waals surface area (Å²) in [7, 11) is 2.16. The fraction of sp³-hybridized carbons (Fsp3) is 0.269. The van der Waals surface area contributed by atoms with E-state index in [2.05, 4.69) is 51.4 Å². The SMILES string of the molecule is CCn1c(=O)c2cc3ccccc3n2c2nc(Nc3ccc(N4CCN(C)CC4)cc3)ncc21. The fourth-order valence-corrected chi connectivity index (χ4v) is 4.83. The number of aryl methyl sites for hydroxylation is 1. The number of rotatable bonds is 4. The first kappa shape index (κ1) is 20.7. The molecule has 5 aromatic rings. The Hall–Kier alpha value is -3.91. The molecule has 3 aromatic heterocycles. The zero-order valence-corrected chi connectivity index (χ0v) is 19.4. The first-order valence-electron chi connectivity index (χ1n) is 11.7. The second-order valence-corrected chi connectivity index (χ2v) is 8.84. The number of hydrogen-bond acceptors (Lipinski definition) is 6. The molecule has 0 bridgehead atoms. The van der Waals surface area contributed by atoms with Gasteiger partial charge in [-0.3, -0.25) is 9.20 Å². The minimum absolute atomic E-state index is 0.0324. The molecule has 1 saturated heterocycles. The van der Waals surface area contributed by atoms with Crippen LogP contribution in [0.5, 0.6) is 0 Å². The topological polar surface area (TPSA) is 70.7 Å². The van der Waals surface area contributed by atoms with E-state index in [1.807, 2.05) is 41.7 Å². The number of benzene rings is 2. The van der Waals surface area contributed by atoms with E-state index in [1.165, 1.54) is 5.69 Å². The summed E-state index contributed by atoms with van der Waals surface area (Å²) in [6.07, 6.45) is 1.74. The molecule has 1 aliphatic rings. The highest BCUT2D eigenvalue weighted by Crippen LogP contribution is 2.25. The van der Waals surface area contributed by atoms with E-state index in [-0.39, 0.29) is 5.56 Å². The van der Waals surface area contributed by atoms with Gasteiger partial charge in [0.1, 0.15) is 11.0 Å². The standard InChI is InChI=1S/C26H27N7O/c1-3-32-23-17-27-26(28-19-8-10-20(11-9-19)31-14-12-30(2)13-15-31)29-24(23)33-21-7-5-4-6-18(21)16-22(33)25(32)34/h4-11,16-17H,3,12-15H2,1-2H3,(H,27,28,29). The molecule has 0 aliphatic carbocycles. The molecule has 0 amide bonds. The number of hydrogen-bond donors (Lipinski definition) is 1. The molecule has 4 heterocycles. The molecule has 8 heteroatoms. The number of anilines is 3. The Morgan fingerprint density at radius 3 is 2.47 bits per heavy atom. The number of para-hydroxylation sites is 1. The summed E-state index contributed by atoms with van der Waals surface area (Å²) >= 11 is 0. The highest BCUT2D eigenvalue weighted by molar-refractivity contribution is 5.92. The van der Waals surface area contributed by atoms with Crippen LogP contribution in [0.3, 0.4) is 0 Å². The Bertz CT molecular complexity index is 1560. The Kier molecular flexibility index (Phi) is 4.95. The largest absolute Gasteiger partial charge is 0.369 e. The molecule has 34 heavy (non-hydrogen) atoms. The Labute approximate surface area is 197 Å². The zero-order valence-electron chi connectivity index (χ0n) is 19.4. The Balaban J connectivity index is 1.40. The summed E-state index contributed by atoms with van der Waals surface area (Å²) in [5, 5.41) is 4.36. The van der Waals surface area contributed by atoms with Crippen molar-refractivity contribution in [3.8, 4) is 0 Å². The minimum Gasteiger partial charge on any atom is -0.369 e. The van der Waals surface area contributed by atoms with Gasteiger partial charge in [-0.05, 0) is 50.4 Å². The average molecular weight is 454 g/mol. The number of nitrogens with zero attached hydrogens (tertiary/aromatic N) is 6. The first-order chi connectivity index (χ1) is 16.6. The van der Waals surface area contributed by atoms with Crippen LogP contribution >= 0.6 is 0 Å². The third-order valence-corrected chi connectivity index (χ3v) is 6.74. The van der Waals surface area contributed by atoms with Gasteiger partial charge in [-0.25, -0.2) is 4.98 Å². The van der Waals surface area contributed by atoms with Crippen LogP contribution in [0.1, 0.15) is 6.92 Å². The van der Waals surface area contributed by atoms with Gasteiger partial charge in [-0.15, -0.1) is 0 Å². The van der Waals surface area contributed by atoms with Gasteiger partial charge >= 0.3 is 0 Å². The molecular formula is C26H27N7O. The molecule has 1 aliphatic heterocycles. The fourth-order valence-electron chi connectivity index (χ4n) is 4.83. The lowest BCUT2D eigenvalue weighted by atomic mass is 10.2. The van der Waals surface area contributed by atoms with Crippen LogP contribution in [-0.4, -0.2) is 57.1 Å². The van der Waals surface area contributed by atoms with Crippen LogP contribution in [0.15, 0.2) is 65.6 Å². The number of likely N-dealkylation sites (N-methyl/N-ethyl adjacent to an activating group) is 1. The maximum Gasteiger partial charge on any atom is 0.275 e. The highest BCUT2D eigenvalue weighted by atomic mass is 16.1. The Morgan fingerprint density at radius 2 is 1.71 bits per heavy atom. The van der Waals surface area contributed by atoms with Crippen LogP contribution in [0.2, 0.25) is 0 Å². The second kappa shape index (κ2) is 8.14. The lowest BCUT2D eigenvalue weighted by molar-refractivity contribution is 0.313. The molecular weight excluding hydrogens is 426 g/mol. The van der Waals surface area contributed by atoms with Crippen molar-refractivity contribution < 1.29 is 0 Å². The van der Waals surface area contributed by atoms with Gasteiger partial charge in [0, 0.05) is 49.5 Å². The van der Waals surface area contributed by atoms with Gasteiger partial charge in [0.25, 0.3) is 5.56 Å². The quantitative estimate of drug-likeness (QED) is 0.447. The van der Waals surface area contributed by atoms with Crippen molar-refractivity contribution in [3.63, 3.8) is 0 Å². The summed E-state index contributed by atoms with van der Waals surface area (Å²) in [4.78, 5) is 27.3. The van der Waals surface area contributed by atoms with Crippen molar-refractivity contribution in [2.24, 2.45) is 0 Å². The molecule has 0 atom stereocenters. The van der Waals surface area contributed by atoms with Crippen molar-refractivity contribution in [2.45, 2.75) is 13.5 Å². The molecule has 6 rings (SSSR count). The maximum atomic E-state index is 13.2. The average Bonchev–Trinajstić information content (AvgIpc) is 3.26. The molecule has 0 spiro atoms. The second-order valence-electron chi connectivity index (χ2n) is 8.84. The lowest BCUT2D eigenvalue weighted by Gasteiger charge is -2.34. The van der Waals surface area contributed by atoms with Gasteiger partial charge in [-0.1, -0.05) is 18.2 Å². The van der Waals surface area contributed by atoms with Gasteiger partial charge in [0.05, 0.1) is 11.7 Å². The van der Waals surface area contributed by atoms with E-state index in [4.69, 9.17) is 4.98 Å². The van der Waals surface area contributed by atoms with E-state index >= 15 is 0 Å². The molecule has 0 saturated carbocycles. The van der Waals surface area contributed by atoms with E-state index in [9.17, 15) is 4.79 Å². The first-order valence-corrected chi connectivity index (χ1v) is 11.7. The summed E-state index contributed by atoms with van der Waals surface area (Å²) in [6, 6.07) is 18.3. The summed E-state index contributed by atoms with van der Waals surface area (Å²) in [6.45, 7) is 6.76. The zero-order chi connectivity index (χ0) is 23.2. The van der Waals surface area contributed by atoms with Crippen LogP contribution in [-0.2, 0) is 6.54 Å². The Morgan fingerprint density at radius 1 is 0.941 bits per heavy atom. The van der Waals surface area contributed by atoms with Crippen molar-refractivity contribution >= 4 is 44.9 Å². The lowest BCUT2D eigenvalue weighted by Crippen LogP contribution is -2.44.